The summed E-state index contributed by atoms with van der Waals surface area (Å²) in [6.07, 6.45) is 5.18. The quantitative estimate of drug-likeness (QED) is 0.477. The number of allylic oxidation sites excluding steroid dienone is 5. The van der Waals surface area contributed by atoms with Crippen molar-refractivity contribution in [3.8, 4) is 0 Å². The third-order valence-corrected chi connectivity index (χ3v) is 2.01. The van der Waals surface area contributed by atoms with Gasteiger partial charge in [0.2, 0.25) is 0 Å². The molecule has 1 heteroatoms. The lowest BCUT2D eigenvalue weighted by Crippen LogP contribution is -1.95. The summed E-state index contributed by atoms with van der Waals surface area (Å²) in [5, 5.41) is 0. The van der Waals surface area contributed by atoms with Crippen molar-refractivity contribution in [3.05, 3.63) is 36.0 Å². The topological polar surface area (TPSA) is 17.1 Å². The van der Waals surface area contributed by atoms with Crippen molar-refractivity contribution in [2.45, 2.75) is 55.4 Å². The normalized spacial score (nSPS) is 10.3. The van der Waals surface area contributed by atoms with Gasteiger partial charge in [0.1, 0.15) is 0 Å². The Morgan fingerprint density at radius 3 is 1.76 bits per heavy atom. The van der Waals surface area contributed by atoms with E-state index in [2.05, 4.69) is 20.4 Å². The van der Waals surface area contributed by atoms with Gasteiger partial charge in [-0.3, -0.25) is 4.79 Å². The first kappa shape index (κ1) is 21.2. The predicted molar refractivity (Wildman–Crippen MR) is 80.3 cm³/mol. The van der Waals surface area contributed by atoms with Gasteiger partial charge in [0.25, 0.3) is 0 Å². The van der Waals surface area contributed by atoms with Crippen LogP contribution in [0.5, 0.6) is 0 Å². The SMILES string of the molecule is C=C(/C=C\C(=O)/C(C)=C\C)C(C)C.CC.CC. The van der Waals surface area contributed by atoms with E-state index in [1.54, 1.807) is 12.2 Å². The van der Waals surface area contributed by atoms with Crippen molar-refractivity contribution < 1.29 is 4.79 Å². The summed E-state index contributed by atoms with van der Waals surface area (Å²) in [5.74, 6) is 0.458. The fourth-order valence-corrected chi connectivity index (χ4v) is 0.649. The molecule has 0 aromatic carbocycles. The van der Waals surface area contributed by atoms with Gasteiger partial charge in [-0.25, -0.2) is 0 Å². The van der Waals surface area contributed by atoms with Crippen LogP contribution in [0.4, 0.5) is 0 Å². The average molecular weight is 238 g/mol. The Bertz CT molecular complexity index is 255. The molecule has 0 aromatic heterocycles. The second-order valence-electron chi connectivity index (χ2n) is 3.40. The highest BCUT2D eigenvalue weighted by Gasteiger charge is 1.99. The van der Waals surface area contributed by atoms with Crippen LogP contribution in [-0.2, 0) is 4.79 Å². The number of carbonyl (C=O) groups is 1. The predicted octanol–water partition coefficient (Wildman–Crippen LogP) is 5.34. The highest BCUT2D eigenvalue weighted by Crippen LogP contribution is 2.08. The van der Waals surface area contributed by atoms with Crippen LogP contribution >= 0.6 is 0 Å². The standard InChI is InChI=1S/C12H18O.2C2H6/c1-6-10(4)12(13)8-7-11(5)9(2)3;2*1-2/h6-9H,5H2,1-4H3;2*1-2H3/b8-7-,10-6-;;. The molecule has 0 N–H and O–H groups in total. The lowest BCUT2D eigenvalue weighted by Gasteiger charge is -2.02. The van der Waals surface area contributed by atoms with E-state index < -0.39 is 0 Å². The van der Waals surface area contributed by atoms with Crippen LogP contribution in [0.3, 0.4) is 0 Å². The smallest absolute Gasteiger partial charge is 0.181 e. The first-order valence-corrected chi connectivity index (χ1v) is 6.53. The van der Waals surface area contributed by atoms with Crippen molar-refractivity contribution in [1.82, 2.24) is 0 Å². The number of carbonyl (C=O) groups excluding carboxylic acids is 1. The Kier molecular flexibility index (Phi) is 18.6. The summed E-state index contributed by atoms with van der Waals surface area (Å²) < 4.78 is 0. The Labute approximate surface area is 108 Å². The Morgan fingerprint density at radius 2 is 1.47 bits per heavy atom. The number of ketones is 1. The monoisotopic (exact) mass is 238 g/mol. The summed E-state index contributed by atoms with van der Waals surface area (Å²) in [7, 11) is 0. The van der Waals surface area contributed by atoms with Gasteiger partial charge in [0.15, 0.2) is 5.78 Å². The molecule has 0 fully saturated rings. The maximum atomic E-state index is 11.3. The third-order valence-electron chi connectivity index (χ3n) is 2.01. The third kappa shape index (κ3) is 12.8. The molecule has 0 spiro atoms. The van der Waals surface area contributed by atoms with E-state index >= 15 is 0 Å². The molecule has 0 saturated heterocycles. The molecular formula is C16H30O. The highest BCUT2D eigenvalue weighted by atomic mass is 16.1. The molecule has 0 aliphatic rings. The molecule has 0 bridgehead atoms. The molecule has 0 amide bonds. The summed E-state index contributed by atoms with van der Waals surface area (Å²) in [4.78, 5) is 11.3. The maximum absolute atomic E-state index is 11.3. The molecule has 0 atom stereocenters. The van der Waals surface area contributed by atoms with Crippen LogP contribution in [0.15, 0.2) is 36.0 Å². The van der Waals surface area contributed by atoms with Crippen LogP contribution in [0.1, 0.15) is 55.4 Å². The number of rotatable bonds is 4. The van der Waals surface area contributed by atoms with Crippen LogP contribution in [0.25, 0.3) is 0 Å². The minimum atomic E-state index is 0.0595. The van der Waals surface area contributed by atoms with Gasteiger partial charge in [-0.05, 0) is 31.4 Å². The van der Waals surface area contributed by atoms with Crippen LogP contribution in [0, 0.1) is 5.92 Å². The Balaban J connectivity index is -0.000000439. The summed E-state index contributed by atoms with van der Waals surface area (Å²) >= 11 is 0. The van der Waals surface area contributed by atoms with Crippen molar-refractivity contribution in [2.75, 3.05) is 0 Å². The lowest BCUT2D eigenvalue weighted by molar-refractivity contribution is -0.111. The van der Waals surface area contributed by atoms with Gasteiger partial charge < -0.3 is 0 Å². The zero-order chi connectivity index (χ0) is 14.4. The van der Waals surface area contributed by atoms with E-state index in [4.69, 9.17) is 0 Å². The summed E-state index contributed by atoms with van der Waals surface area (Å²) in [6.45, 7) is 19.6. The molecule has 1 nitrogen and oxygen atoms in total. The van der Waals surface area contributed by atoms with Gasteiger partial charge in [-0.2, -0.15) is 0 Å². The van der Waals surface area contributed by atoms with E-state index in [1.165, 1.54) is 0 Å². The van der Waals surface area contributed by atoms with Gasteiger partial charge in [0.05, 0.1) is 0 Å². The van der Waals surface area contributed by atoms with Crippen molar-refractivity contribution in [3.63, 3.8) is 0 Å². The molecule has 0 unspecified atom stereocenters. The molecule has 0 aromatic rings. The second-order valence-corrected chi connectivity index (χ2v) is 3.40. The zero-order valence-corrected chi connectivity index (χ0v) is 12.9. The molecule has 0 heterocycles. The van der Waals surface area contributed by atoms with E-state index in [-0.39, 0.29) is 5.78 Å². The van der Waals surface area contributed by atoms with Gasteiger partial charge in [-0.15, -0.1) is 0 Å². The van der Waals surface area contributed by atoms with E-state index in [0.29, 0.717) is 5.92 Å². The summed E-state index contributed by atoms with van der Waals surface area (Å²) in [5.41, 5.74) is 1.75. The molecule has 100 valence electrons. The Morgan fingerprint density at radius 1 is 1.06 bits per heavy atom. The molecule has 0 radical (unpaired) electrons. The minimum Gasteiger partial charge on any atom is -0.290 e. The van der Waals surface area contributed by atoms with E-state index in [9.17, 15) is 4.79 Å². The molecule has 17 heavy (non-hydrogen) atoms. The minimum absolute atomic E-state index is 0.0595. The van der Waals surface area contributed by atoms with Crippen LogP contribution in [-0.4, -0.2) is 5.78 Å². The highest BCUT2D eigenvalue weighted by molar-refractivity contribution is 6.03. The van der Waals surface area contributed by atoms with Gasteiger partial charge in [-0.1, -0.05) is 65.8 Å². The Hall–Kier alpha value is -1.11. The molecule has 0 aliphatic heterocycles. The molecular weight excluding hydrogens is 208 g/mol. The zero-order valence-electron chi connectivity index (χ0n) is 12.9. The molecule has 0 saturated carbocycles. The van der Waals surface area contributed by atoms with Crippen molar-refractivity contribution in [1.29, 1.82) is 0 Å². The second kappa shape index (κ2) is 14.9. The molecule has 0 aliphatic carbocycles. The number of hydrogen-bond donors (Lipinski definition) is 0. The fourth-order valence-electron chi connectivity index (χ4n) is 0.649. The van der Waals surface area contributed by atoms with Crippen molar-refractivity contribution in [2.24, 2.45) is 5.92 Å². The fraction of sp³-hybridized carbons (Fsp3) is 0.562. The average Bonchev–Trinajstić information content (AvgIpc) is 2.38. The maximum Gasteiger partial charge on any atom is 0.181 e. The van der Waals surface area contributed by atoms with Crippen molar-refractivity contribution >= 4 is 5.78 Å². The first-order chi connectivity index (χ1) is 7.99. The molecule has 0 rings (SSSR count). The first-order valence-electron chi connectivity index (χ1n) is 6.53. The number of hydrogen-bond acceptors (Lipinski definition) is 1. The largest absolute Gasteiger partial charge is 0.290 e. The lowest BCUT2D eigenvalue weighted by atomic mass is 10.0. The van der Waals surface area contributed by atoms with E-state index in [0.717, 1.165) is 11.1 Å². The van der Waals surface area contributed by atoms with Gasteiger partial charge >= 0.3 is 0 Å². The van der Waals surface area contributed by atoms with Gasteiger partial charge in [0, 0.05) is 0 Å². The van der Waals surface area contributed by atoms with Crippen LogP contribution in [0.2, 0.25) is 0 Å². The van der Waals surface area contributed by atoms with E-state index in [1.807, 2.05) is 47.6 Å². The van der Waals surface area contributed by atoms with Crippen LogP contribution < -0.4 is 0 Å². The summed E-state index contributed by atoms with van der Waals surface area (Å²) in [6, 6.07) is 0.